The summed E-state index contributed by atoms with van der Waals surface area (Å²) in [5.41, 5.74) is 2.20. The number of nitrogens with zero attached hydrogens (tertiary/aromatic N) is 1. The molecule has 0 aromatic heterocycles. The molecule has 0 saturated heterocycles. The average molecular weight is 294 g/mol. The number of nitrogens with one attached hydrogen (secondary N) is 1. The molecule has 0 heterocycles. The SMILES string of the molecule is CCc1ccccc1CNC(=O)N(CCOC)CC(=O)O. The Morgan fingerprint density at radius 3 is 2.52 bits per heavy atom. The summed E-state index contributed by atoms with van der Waals surface area (Å²) >= 11 is 0. The number of aliphatic carboxylic acids is 1. The smallest absolute Gasteiger partial charge is 0.323 e. The summed E-state index contributed by atoms with van der Waals surface area (Å²) < 4.78 is 4.89. The van der Waals surface area contributed by atoms with Crippen molar-refractivity contribution in [2.45, 2.75) is 19.9 Å². The van der Waals surface area contributed by atoms with Gasteiger partial charge in [0.05, 0.1) is 6.61 Å². The minimum absolute atomic E-state index is 0.240. The molecule has 0 bridgehead atoms. The Labute approximate surface area is 124 Å². The molecule has 6 nitrogen and oxygen atoms in total. The third kappa shape index (κ3) is 5.83. The van der Waals surface area contributed by atoms with Crippen LogP contribution in [0.5, 0.6) is 0 Å². The zero-order chi connectivity index (χ0) is 15.7. The molecule has 6 heteroatoms. The number of carboxylic acids is 1. The van der Waals surface area contributed by atoms with Crippen LogP contribution in [0.15, 0.2) is 24.3 Å². The van der Waals surface area contributed by atoms with Crippen molar-refractivity contribution >= 4 is 12.0 Å². The minimum atomic E-state index is -1.05. The molecule has 0 aliphatic rings. The van der Waals surface area contributed by atoms with Crippen LogP contribution in [0.4, 0.5) is 4.79 Å². The van der Waals surface area contributed by atoms with E-state index >= 15 is 0 Å². The van der Waals surface area contributed by atoms with Crippen molar-refractivity contribution in [1.29, 1.82) is 0 Å². The Morgan fingerprint density at radius 1 is 1.29 bits per heavy atom. The van der Waals surface area contributed by atoms with Gasteiger partial charge in [0, 0.05) is 20.2 Å². The van der Waals surface area contributed by atoms with E-state index < -0.39 is 12.0 Å². The number of hydrogen-bond acceptors (Lipinski definition) is 3. The van der Waals surface area contributed by atoms with Crippen LogP contribution < -0.4 is 5.32 Å². The Kier molecular flexibility index (Phi) is 7.25. The van der Waals surface area contributed by atoms with E-state index in [0.29, 0.717) is 13.2 Å². The first kappa shape index (κ1) is 17.0. The standard InChI is InChI=1S/C15H22N2O4/c1-3-12-6-4-5-7-13(12)10-16-15(20)17(8-9-21-2)11-14(18)19/h4-7H,3,8-11H2,1-2H3,(H,16,20)(H,18,19). The molecule has 0 aliphatic carbocycles. The van der Waals surface area contributed by atoms with Gasteiger partial charge >= 0.3 is 12.0 Å². The molecule has 1 aromatic rings. The van der Waals surface area contributed by atoms with Crippen molar-refractivity contribution in [3.05, 3.63) is 35.4 Å². The van der Waals surface area contributed by atoms with Gasteiger partial charge in [0.25, 0.3) is 0 Å². The largest absolute Gasteiger partial charge is 0.480 e. The molecule has 1 aromatic carbocycles. The predicted molar refractivity (Wildman–Crippen MR) is 79.1 cm³/mol. The molecule has 0 atom stereocenters. The van der Waals surface area contributed by atoms with E-state index in [1.54, 1.807) is 0 Å². The number of benzene rings is 1. The first-order valence-corrected chi connectivity index (χ1v) is 6.88. The van der Waals surface area contributed by atoms with E-state index in [0.717, 1.165) is 12.0 Å². The lowest BCUT2D eigenvalue weighted by Crippen LogP contribution is -2.44. The highest BCUT2D eigenvalue weighted by Gasteiger charge is 2.16. The topological polar surface area (TPSA) is 78.9 Å². The van der Waals surface area contributed by atoms with Crippen molar-refractivity contribution in [2.75, 3.05) is 26.8 Å². The number of ether oxygens (including phenoxy) is 1. The molecule has 0 radical (unpaired) electrons. The van der Waals surface area contributed by atoms with Gasteiger partial charge in [-0.2, -0.15) is 0 Å². The van der Waals surface area contributed by atoms with Gasteiger partial charge in [-0.25, -0.2) is 4.79 Å². The van der Waals surface area contributed by atoms with E-state index in [9.17, 15) is 9.59 Å². The number of hydrogen-bond donors (Lipinski definition) is 2. The Bertz CT molecular complexity index is 476. The number of aryl methyl sites for hydroxylation is 1. The highest BCUT2D eigenvalue weighted by molar-refractivity contribution is 5.80. The molecule has 0 unspecified atom stereocenters. The Hall–Kier alpha value is -2.08. The number of carboxylic acid groups (broad SMARTS) is 1. The zero-order valence-electron chi connectivity index (χ0n) is 12.5. The second-order valence-corrected chi connectivity index (χ2v) is 4.59. The van der Waals surface area contributed by atoms with E-state index in [1.807, 2.05) is 24.3 Å². The van der Waals surface area contributed by atoms with E-state index in [2.05, 4.69) is 12.2 Å². The third-order valence-corrected chi connectivity index (χ3v) is 3.11. The van der Waals surface area contributed by atoms with E-state index in [1.165, 1.54) is 17.6 Å². The minimum Gasteiger partial charge on any atom is -0.480 e. The van der Waals surface area contributed by atoms with Gasteiger partial charge < -0.3 is 20.1 Å². The maximum absolute atomic E-state index is 12.1. The molecule has 1 rings (SSSR count). The summed E-state index contributed by atoms with van der Waals surface area (Å²) in [5.74, 6) is -1.05. The fraction of sp³-hybridized carbons (Fsp3) is 0.467. The molecular formula is C15H22N2O4. The van der Waals surface area contributed by atoms with Crippen LogP contribution in [0.25, 0.3) is 0 Å². The van der Waals surface area contributed by atoms with Crippen molar-refractivity contribution in [2.24, 2.45) is 0 Å². The Balaban J connectivity index is 2.61. The maximum atomic E-state index is 12.1. The first-order valence-electron chi connectivity index (χ1n) is 6.88. The van der Waals surface area contributed by atoms with Crippen LogP contribution in [0, 0.1) is 0 Å². The molecule has 0 saturated carbocycles. The van der Waals surface area contributed by atoms with Crippen LogP contribution in [-0.4, -0.2) is 48.8 Å². The van der Waals surface area contributed by atoms with Crippen LogP contribution in [0.1, 0.15) is 18.1 Å². The highest BCUT2D eigenvalue weighted by Crippen LogP contribution is 2.09. The summed E-state index contributed by atoms with van der Waals surface area (Å²) in [4.78, 5) is 24.1. The van der Waals surface area contributed by atoms with Crippen molar-refractivity contribution in [1.82, 2.24) is 10.2 Å². The molecule has 0 aliphatic heterocycles. The van der Waals surface area contributed by atoms with Gasteiger partial charge in [0.2, 0.25) is 0 Å². The van der Waals surface area contributed by atoms with Crippen LogP contribution in [0.3, 0.4) is 0 Å². The highest BCUT2D eigenvalue weighted by atomic mass is 16.5. The molecule has 0 spiro atoms. The molecule has 0 fully saturated rings. The number of amides is 2. The van der Waals surface area contributed by atoms with E-state index in [-0.39, 0.29) is 13.1 Å². The van der Waals surface area contributed by atoms with Crippen LogP contribution in [-0.2, 0) is 22.5 Å². The zero-order valence-corrected chi connectivity index (χ0v) is 12.5. The van der Waals surface area contributed by atoms with Gasteiger partial charge in [0.15, 0.2) is 0 Å². The van der Waals surface area contributed by atoms with Crippen molar-refractivity contribution in [3.8, 4) is 0 Å². The van der Waals surface area contributed by atoms with E-state index in [4.69, 9.17) is 9.84 Å². The monoisotopic (exact) mass is 294 g/mol. The molecule has 21 heavy (non-hydrogen) atoms. The number of urea groups is 1. The lowest BCUT2D eigenvalue weighted by molar-refractivity contribution is -0.137. The second kappa shape index (κ2) is 8.97. The summed E-state index contributed by atoms with van der Waals surface area (Å²) in [5, 5.41) is 11.6. The number of carbonyl (C=O) groups is 2. The molecule has 2 amide bonds. The fourth-order valence-electron chi connectivity index (χ4n) is 1.97. The maximum Gasteiger partial charge on any atom is 0.323 e. The van der Waals surface area contributed by atoms with Gasteiger partial charge in [-0.1, -0.05) is 31.2 Å². The average Bonchev–Trinajstić information content (AvgIpc) is 2.48. The second-order valence-electron chi connectivity index (χ2n) is 4.59. The predicted octanol–water partition coefficient (Wildman–Crippen LogP) is 1.49. The lowest BCUT2D eigenvalue weighted by atomic mass is 10.1. The van der Waals surface area contributed by atoms with Crippen LogP contribution in [0.2, 0.25) is 0 Å². The molecule has 2 N–H and O–H groups in total. The van der Waals surface area contributed by atoms with Crippen molar-refractivity contribution < 1.29 is 19.4 Å². The summed E-state index contributed by atoms with van der Waals surface area (Å²) in [6, 6.07) is 7.44. The van der Waals surface area contributed by atoms with Gasteiger partial charge in [-0.05, 0) is 17.5 Å². The first-order chi connectivity index (χ1) is 10.1. The van der Waals surface area contributed by atoms with Gasteiger partial charge in [-0.15, -0.1) is 0 Å². The van der Waals surface area contributed by atoms with Crippen molar-refractivity contribution in [3.63, 3.8) is 0 Å². The number of carbonyl (C=O) groups excluding carboxylic acids is 1. The number of rotatable bonds is 8. The normalized spacial score (nSPS) is 10.2. The summed E-state index contributed by atoms with van der Waals surface area (Å²) in [6.07, 6.45) is 0.883. The fourth-order valence-corrected chi connectivity index (χ4v) is 1.97. The molecule has 116 valence electrons. The van der Waals surface area contributed by atoms with Gasteiger partial charge in [0.1, 0.15) is 6.54 Å². The summed E-state index contributed by atoms with van der Waals surface area (Å²) in [6.45, 7) is 2.63. The Morgan fingerprint density at radius 2 is 1.95 bits per heavy atom. The quantitative estimate of drug-likeness (QED) is 0.761. The van der Waals surface area contributed by atoms with Crippen LogP contribution >= 0.6 is 0 Å². The molecular weight excluding hydrogens is 272 g/mol. The lowest BCUT2D eigenvalue weighted by Gasteiger charge is -2.21. The third-order valence-electron chi connectivity index (χ3n) is 3.11. The number of methoxy groups -OCH3 is 1. The summed E-state index contributed by atoms with van der Waals surface area (Å²) in [7, 11) is 1.51. The van der Waals surface area contributed by atoms with Gasteiger partial charge in [-0.3, -0.25) is 4.79 Å².